The van der Waals surface area contributed by atoms with Crippen molar-refractivity contribution < 1.29 is 14.4 Å². The van der Waals surface area contributed by atoms with E-state index in [1.54, 1.807) is 43.3 Å². The highest BCUT2D eigenvalue weighted by Crippen LogP contribution is 2.20. The second kappa shape index (κ2) is 8.89. The number of carbonyl (C=O) groups is 3. The number of hydrogen-bond acceptors (Lipinski definition) is 4. The molecule has 0 saturated heterocycles. The van der Waals surface area contributed by atoms with Crippen molar-refractivity contribution >= 4 is 29.1 Å². The molecule has 0 aliphatic carbocycles. The SMILES string of the molecule is CNC(=O)C[C@@H](C)N(C)CC(=O)Nc1ccccc1NC(C)=O. The van der Waals surface area contributed by atoms with Gasteiger partial charge in [0, 0.05) is 26.4 Å². The van der Waals surface area contributed by atoms with Gasteiger partial charge in [0.25, 0.3) is 0 Å². The third kappa shape index (κ3) is 6.48. The zero-order valence-electron chi connectivity index (χ0n) is 14.0. The maximum absolute atomic E-state index is 12.2. The largest absolute Gasteiger partial charge is 0.359 e. The Morgan fingerprint density at radius 1 is 1.09 bits per heavy atom. The van der Waals surface area contributed by atoms with Crippen molar-refractivity contribution in [2.24, 2.45) is 0 Å². The Morgan fingerprint density at radius 3 is 2.17 bits per heavy atom. The van der Waals surface area contributed by atoms with Gasteiger partial charge in [0.15, 0.2) is 0 Å². The minimum atomic E-state index is -0.214. The van der Waals surface area contributed by atoms with Crippen molar-refractivity contribution in [3.63, 3.8) is 0 Å². The maximum Gasteiger partial charge on any atom is 0.238 e. The Kier molecular flexibility index (Phi) is 7.21. The fourth-order valence-electron chi connectivity index (χ4n) is 1.99. The lowest BCUT2D eigenvalue weighted by Crippen LogP contribution is -2.39. The molecule has 0 aliphatic heterocycles. The molecule has 1 rings (SSSR count). The Bertz CT molecular complexity index is 574. The lowest BCUT2D eigenvalue weighted by molar-refractivity contribution is -0.123. The third-order valence-corrected chi connectivity index (χ3v) is 3.42. The van der Waals surface area contributed by atoms with Crippen LogP contribution < -0.4 is 16.0 Å². The van der Waals surface area contributed by atoms with E-state index in [4.69, 9.17) is 0 Å². The van der Waals surface area contributed by atoms with Crippen LogP contribution >= 0.6 is 0 Å². The van der Waals surface area contributed by atoms with Crippen molar-refractivity contribution in [2.45, 2.75) is 26.3 Å². The van der Waals surface area contributed by atoms with Gasteiger partial charge in [-0.15, -0.1) is 0 Å². The number of nitrogens with zero attached hydrogens (tertiary/aromatic N) is 1. The second-order valence-electron chi connectivity index (χ2n) is 5.42. The molecule has 0 fully saturated rings. The van der Waals surface area contributed by atoms with Crippen LogP contribution in [0.2, 0.25) is 0 Å². The first kappa shape index (κ1) is 18.6. The number of anilines is 2. The first-order valence-electron chi connectivity index (χ1n) is 7.40. The highest BCUT2D eigenvalue weighted by molar-refractivity contribution is 5.99. The summed E-state index contributed by atoms with van der Waals surface area (Å²) in [7, 11) is 3.37. The van der Waals surface area contributed by atoms with E-state index >= 15 is 0 Å². The van der Waals surface area contributed by atoms with E-state index in [-0.39, 0.29) is 30.3 Å². The molecule has 7 nitrogen and oxygen atoms in total. The van der Waals surface area contributed by atoms with Crippen LogP contribution in [0.5, 0.6) is 0 Å². The molecule has 0 bridgehead atoms. The standard InChI is InChI=1S/C16H24N4O3/c1-11(9-15(22)17-3)20(4)10-16(23)19-14-8-6-5-7-13(14)18-12(2)21/h5-8,11H,9-10H2,1-4H3,(H,17,22)(H,18,21)(H,19,23)/t11-/m1/s1. The van der Waals surface area contributed by atoms with Gasteiger partial charge in [0.05, 0.1) is 17.9 Å². The van der Waals surface area contributed by atoms with Crippen LogP contribution in [0.1, 0.15) is 20.3 Å². The van der Waals surface area contributed by atoms with Crippen LogP contribution in [-0.4, -0.2) is 49.3 Å². The van der Waals surface area contributed by atoms with E-state index in [0.29, 0.717) is 17.8 Å². The molecule has 1 atom stereocenters. The van der Waals surface area contributed by atoms with Gasteiger partial charge in [0.1, 0.15) is 0 Å². The van der Waals surface area contributed by atoms with Gasteiger partial charge in [-0.2, -0.15) is 0 Å². The first-order chi connectivity index (χ1) is 10.8. The van der Waals surface area contributed by atoms with Crippen LogP contribution in [0, 0.1) is 0 Å². The molecule has 0 unspecified atom stereocenters. The lowest BCUT2D eigenvalue weighted by atomic mass is 10.2. The highest BCUT2D eigenvalue weighted by Gasteiger charge is 2.16. The number of hydrogen-bond donors (Lipinski definition) is 3. The molecule has 0 saturated carbocycles. The van der Waals surface area contributed by atoms with Crippen molar-refractivity contribution in [2.75, 3.05) is 31.3 Å². The van der Waals surface area contributed by atoms with Gasteiger partial charge in [-0.1, -0.05) is 12.1 Å². The third-order valence-electron chi connectivity index (χ3n) is 3.42. The highest BCUT2D eigenvalue weighted by atomic mass is 16.2. The van der Waals surface area contributed by atoms with Gasteiger partial charge >= 0.3 is 0 Å². The molecule has 1 aromatic rings. The Morgan fingerprint density at radius 2 is 1.65 bits per heavy atom. The second-order valence-corrected chi connectivity index (χ2v) is 5.42. The molecule has 23 heavy (non-hydrogen) atoms. The predicted molar refractivity (Wildman–Crippen MR) is 90.2 cm³/mol. The average molecular weight is 320 g/mol. The number of nitrogens with one attached hydrogen (secondary N) is 3. The number of para-hydroxylation sites is 2. The Hall–Kier alpha value is -2.41. The van der Waals surface area contributed by atoms with Crippen LogP contribution in [0.3, 0.4) is 0 Å². The summed E-state index contributed by atoms with van der Waals surface area (Å²) >= 11 is 0. The van der Waals surface area contributed by atoms with Crippen molar-refractivity contribution in [1.82, 2.24) is 10.2 Å². The van der Waals surface area contributed by atoms with Crippen LogP contribution in [0.25, 0.3) is 0 Å². The lowest BCUT2D eigenvalue weighted by Gasteiger charge is -2.23. The normalized spacial score (nSPS) is 11.7. The monoisotopic (exact) mass is 320 g/mol. The molecule has 0 aromatic heterocycles. The number of benzene rings is 1. The minimum Gasteiger partial charge on any atom is -0.359 e. The van der Waals surface area contributed by atoms with Gasteiger partial charge in [-0.05, 0) is 26.1 Å². The van der Waals surface area contributed by atoms with Gasteiger partial charge < -0.3 is 16.0 Å². The summed E-state index contributed by atoms with van der Waals surface area (Å²) in [5, 5.41) is 8.00. The van der Waals surface area contributed by atoms with Gasteiger partial charge in [0.2, 0.25) is 17.7 Å². The summed E-state index contributed by atoms with van der Waals surface area (Å²) in [6.07, 6.45) is 0.322. The number of rotatable bonds is 7. The summed E-state index contributed by atoms with van der Waals surface area (Å²) in [4.78, 5) is 36.5. The van der Waals surface area contributed by atoms with E-state index in [1.807, 2.05) is 6.92 Å². The number of carbonyl (C=O) groups excluding carboxylic acids is 3. The molecule has 3 amide bonds. The predicted octanol–water partition coefficient (Wildman–Crippen LogP) is 1.04. The van der Waals surface area contributed by atoms with Crippen LogP contribution in [-0.2, 0) is 14.4 Å². The average Bonchev–Trinajstić information content (AvgIpc) is 2.48. The fraction of sp³-hybridized carbons (Fsp3) is 0.438. The molecule has 7 heteroatoms. The summed E-state index contributed by atoms with van der Waals surface area (Å²) < 4.78 is 0. The summed E-state index contributed by atoms with van der Waals surface area (Å²) in [6, 6.07) is 6.93. The fourth-order valence-corrected chi connectivity index (χ4v) is 1.99. The van der Waals surface area contributed by atoms with E-state index in [1.165, 1.54) is 6.92 Å². The Labute approximate surface area is 136 Å². The number of likely N-dealkylation sites (N-methyl/N-ethyl adjacent to an activating group) is 1. The van der Waals surface area contributed by atoms with E-state index in [0.717, 1.165) is 0 Å². The summed E-state index contributed by atoms with van der Waals surface area (Å²) in [5.41, 5.74) is 1.09. The zero-order chi connectivity index (χ0) is 17.4. The molecule has 0 heterocycles. The molecular weight excluding hydrogens is 296 g/mol. The van der Waals surface area contributed by atoms with E-state index in [9.17, 15) is 14.4 Å². The molecule has 126 valence electrons. The van der Waals surface area contributed by atoms with Crippen LogP contribution in [0.4, 0.5) is 11.4 Å². The van der Waals surface area contributed by atoms with Crippen molar-refractivity contribution in [3.8, 4) is 0 Å². The van der Waals surface area contributed by atoms with E-state index in [2.05, 4.69) is 16.0 Å². The molecule has 0 radical (unpaired) electrons. The molecular formula is C16H24N4O3. The van der Waals surface area contributed by atoms with Crippen LogP contribution in [0.15, 0.2) is 24.3 Å². The summed E-state index contributed by atoms with van der Waals surface area (Å²) in [5.74, 6) is -0.488. The first-order valence-corrected chi connectivity index (χ1v) is 7.40. The molecule has 0 spiro atoms. The Balaban J connectivity index is 2.63. The van der Waals surface area contributed by atoms with E-state index < -0.39 is 0 Å². The van der Waals surface area contributed by atoms with Gasteiger partial charge in [-0.3, -0.25) is 19.3 Å². The topological polar surface area (TPSA) is 90.5 Å². The number of amides is 3. The summed E-state index contributed by atoms with van der Waals surface area (Å²) in [6.45, 7) is 3.44. The molecule has 0 aliphatic rings. The van der Waals surface area contributed by atoms with Gasteiger partial charge in [-0.25, -0.2) is 0 Å². The molecule has 3 N–H and O–H groups in total. The quantitative estimate of drug-likeness (QED) is 0.700. The maximum atomic E-state index is 12.2. The smallest absolute Gasteiger partial charge is 0.238 e. The van der Waals surface area contributed by atoms with Crippen molar-refractivity contribution in [1.29, 1.82) is 0 Å². The minimum absolute atomic E-state index is 0.0636. The molecule has 1 aromatic carbocycles. The van der Waals surface area contributed by atoms with Crippen molar-refractivity contribution in [3.05, 3.63) is 24.3 Å². The zero-order valence-corrected chi connectivity index (χ0v) is 14.0.